The van der Waals surface area contributed by atoms with Crippen molar-refractivity contribution in [2.75, 3.05) is 0 Å². The quantitative estimate of drug-likeness (QED) is 0.661. The molecule has 3 heteroatoms. The lowest BCUT2D eigenvalue weighted by Crippen LogP contribution is -1.79. The zero-order chi connectivity index (χ0) is 10.7. The minimum Gasteiger partial charge on any atom is -0.358 e. The number of rotatable bonds is 0. The standard InChI is InChI=1S/C9H7F2N.C2H6/c1-5-2-7-8(11)3-6(10)4-9(7)12-5;1-2/h2-4,12H,1H3;1-2H3. The summed E-state index contributed by atoms with van der Waals surface area (Å²) in [5.41, 5.74) is 1.33. The molecule has 0 atom stereocenters. The molecule has 1 nitrogen and oxygen atoms in total. The van der Waals surface area contributed by atoms with Crippen LogP contribution >= 0.6 is 0 Å². The Balaban J connectivity index is 0.000000461. The first kappa shape index (κ1) is 10.7. The molecule has 0 radical (unpaired) electrons. The summed E-state index contributed by atoms with van der Waals surface area (Å²) in [6.45, 7) is 5.80. The van der Waals surface area contributed by atoms with E-state index in [9.17, 15) is 8.78 Å². The summed E-state index contributed by atoms with van der Waals surface area (Å²) in [5, 5.41) is 0.439. The molecule has 0 aliphatic heterocycles. The van der Waals surface area contributed by atoms with Crippen LogP contribution in [0.15, 0.2) is 18.2 Å². The van der Waals surface area contributed by atoms with E-state index in [2.05, 4.69) is 4.98 Å². The van der Waals surface area contributed by atoms with Gasteiger partial charge in [-0.15, -0.1) is 0 Å². The van der Waals surface area contributed by atoms with E-state index in [0.717, 1.165) is 11.8 Å². The molecule has 0 aliphatic rings. The van der Waals surface area contributed by atoms with E-state index < -0.39 is 11.6 Å². The number of fused-ring (bicyclic) bond motifs is 1. The highest BCUT2D eigenvalue weighted by Crippen LogP contribution is 2.19. The van der Waals surface area contributed by atoms with Crippen molar-refractivity contribution >= 4 is 10.9 Å². The molecule has 0 saturated carbocycles. The predicted molar refractivity (Wildman–Crippen MR) is 54.3 cm³/mol. The highest BCUT2D eigenvalue weighted by Gasteiger charge is 2.05. The zero-order valence-electron chi connectivity index (χ0n) is 8.49. The summed E-state index contributed by atoms with van der Waals surface area (Å²) in [6.07, 6.45) is 0. The van der Waals surface area contributed by atoms with E-state index >= 15 is 0 Å². The maximum atomic E-state index is 13.0. The van der Waals surface area contributed by atoms with E-state index in [1.807, 2.05) is 13.8 Å². The van der Waals surface area contributed by atoms with Gasteiger partial charge < -0.3 is 4.98 Å². The van der Waals surface area contributed by atoms with Crippen LogP contribution < -0.4 is 0 Å². The molecule has 2 aromatic rings. The van der Waals surface area contributed by atoms with Gasteiger partial charge in [-0.05, 0) is 19.1 Å². The molecule has 1 heterocycles. The highest BCUT2D eigenvalue weighted by molar-refractivity contribution is 5.80. The zero-order valence-corrected chi connectivity index (χ0v) is 8.49. The van der Waals surface area contributed by atoms with Gasteiger partial charge in [0.1, 0.15) is 11.6 Å². The fourth-order valence-electron chi connectivity index (χ4n) is 1.30. The fraction of sp³-hybridized carbons (Fsp3) is 0.273. The second kappa shape index (κ2) is 4.22. The lowest BCUT2D eigenvalue weighted by Gasteiger charge is -1.91. The second-order valence-corrected chi connectivity index (χ2v) is 2.80. The monoisotopic (exact) mass is 197 g/mol. The largest absolute Gasteiger partial charge is 0.358 e. The molecule has 0 bridgehead atoms. The summed E-state index contributed by atoms with van der Waals surface area (Å²) in [4.78, 5) is 2.86. The first-order valence-electron chi connectivity index (χ1n) is 4.61. The number of nitrogens with one attached hydrogen (secondary N) is 1. The summed E-state index contributed by atoms with van der Waals surface area (Å²) < 4.78 is 25.6. The van der Waals surface area contributed by atoms with Gasteiger partial charge >= 0.3 is 0 Å². The average Bonchev–Trinajstić information content (AvgIpc) is 2.49. The van der Waals surface area contributed by atoms with E-state index in [1.54, 1.807) is 13.0 Å². The Labute approximate surface area is 81.8 Å². The summed E-state index contributed by atoms with van der Waals surface area (Å²) in [6, 6.07) is 3.82. The van der Waals surface area contributed by atoms with Crippen molar-refractivity contribution in [3.05, 3.63) is 35.5 Å². The molecule has 14 heavy (non-hydrogen) atoms. The summed E-state index contributed by atoms with van der Waals surface area (Å²) in [5.74, 6) is -1.07. The third kappa shape index (κ3) is 1.92. The Morgan fingerprint density at radius 3 is 2.36 bits per heavy atom. The maximum absolute atomic E-state index is 13.0. The Hall–Kier alpha value is -1.38. The molecule has 0 spiro atoms. The Morgan fingerprint density at radius 1 is 1.07 bits per heavy atom. The highest BCUT2D eigenvalue weighted by atomic mass is 19.1. The van der Waals surface area contributed by atoms with Crippen molar-refractivity contribution < 1.29 is 8.78 Å². The van der Waals surface area contributed by atoms with Crippen LogP contribution in [0.5, 0.6) is 0 Å². The lowest BCUT2D eigenvalue weighted by atomic mass is 10.2. The van der Waals surface area contributed by atoms with Gasteiger partial charge in [0, 0.05) is 17.1 Å². The maximum Gasteiger partial charge on any atom is 0.135 e. The second-order valence-electron chi connectivity index (χ2n) is 2.80. The Kier molecular flexibility index (Phi) is 3.23. The molecule has 1 aromatic carbocycles. The number of benzene rings is 1. The number of H-pyrrole nitrogens is 1. The molecule has 0 fully saturated rings. The van der Waals surface area contributed by atoms with Crippen LogP contribution in [0.25, 0.3) is 10.9 Å². The molecular formula is C11H13F2N. The average molecular weight is 197 g/mol. The van der Waals surface area contributed by atoms with Gasteiger partial charge in [0.05, 0.1) is 5.52 Å². The number of aromatic amines is 1. The van der Waals surface area contributed by atoms with Crippen LogP contribution in [-0.2, 0) is 0 Å². The molecule has 0 unspecified atom stereocenters. The van der Waals surface area contributed by atoms with Crippen molar-refractivity contribution in [3.8, 4) is 0 Å². The fourth-order valence-corrected chi connectivity index (χ4v) is 1.30. The van der Waals surface area contributed by atoms with E-state index in [4.69, 9.17) is 0 Å². The van der Waals surface area contributed by atoms with Gasteiger partial charge in [-0.2, -0.15) is 0 Å². The van der Waals surface area contributed by atoms with Gasteiger partial charge in [-0.3, -0.25) is 0 Å². The van der Waals surface area contributed by atoms with Crippen LogP contribution in [0.2, 0.25) is 0 Å². The van der Waals surface area contributed by atoms with Crippen molar-refractivity contribution in [2.45, 2.75) is 20.8 Å². The number of hydrogen-bond donors (Lipinski definition) is 1. The van der Waals surface area contributed by atoms with Crippen LogP contribution in [0.3, 0.4) is 0 Å². The van der Waals surface area contributed by atoms with Crippen LogP contribution in [0.4, 0.5) is 8.78 Å². The number of aryl methyl sites for hydroxylation is 1. The summed E-state index contributed by atoms with van der Waals surface area (Å²) in [7, 11) is 0. The number of halogens is 2. The van der Waals surface area contributed by atoms with Crippen molar-refractivity contribution in [3.63, 3.8) is 0 Å². The first-order valence-corrected chi connectivity index (χ1v) is 4.61. The van der Waals surface area contributed by atoms with Gasteiger partial charge in [0.15, 0.2) is 0 Å². The predicted octanol–water partition coefficient (Wildman–Crippen LogP) is 3.78. The SMILES string of the molecule is CC.Cc1cc2c(F)cc(F)cc2[nH]1. The molecule has 1 aromatic heterocycles. The third-order valence-corrected chi connectivity index (χ3v) is 1.79. The minimum absolute atomic E-state index is 0.439. The topological polar surface area (TPSA) is 15.8 Å². The smallest absolute Gasteiger partial charge is 0.135 e. The Morgan fingerprint density at radius 2 is 1.71 bits per heavy atom. The summed E-state index contributed by atoms with van der Waals surface area (Å²) >= 11 is 0. The molecule has 0 amide bonds. The van der Waals surface area contributed by atoms with Crippen LogP contribution in [0, 0.1) is 18.6 Å². The first-order chi connectivity index (χ1) is 6.66. The molecule has 76 valence electrons. The lowest BCUT2D eigenvalue weighted by molar-refractivity contribution is 0.592. The third-order valence-electron chi connectivity index (χ3n) is 1.79. The normalized spacial score (nSPS) is 9.79. The Bertz CT molecular complexity index is 432. The van der Waals surface area contributed by atoms with Gasteiger partial charge in [-0.25, -0.2) is 8.78 Å². The molecule has 2 rings (SSSR count). The van der Waals surface area contributed by atoms with Gasteiger partial charge in [0.2, 0.25) is 0 Å². The van der Waals surface area contributed by atoms with Gasteiger partial charge in [0.25, 0.3) is 0 Å². The minimum atomic E-state index is -0.554. The van der Waals surface area contributed by atoms with Crippen molar-refractivity contribution in [1.29, 1.82) is 0 Å². The van der Waals surface area contributed by atoms with Crippen molar-refractivity contribution in [2.24, 2.45) is 0 Å². The van der Waals surface area contributed by atoms with E-state index in [-0.39, 0.29) is 0 Å². The molecule has 1 N–H and O–H groups in total. The number of hydrogen-bond acceptors (Lipinski definition) is 0. The molecule has 0 saturated heterocycles. The van der Waals surface area contributed by atoms with E-state index in [0.29, 0.717) is 10.9 Å². The number of aromatic nitrogens is 1. The molecular weight excluding hydrogens is 184 g/mol. The van der Waals surface area contributed by atoms with Crippen molar-refractivity contribution in [1.82, 2.24) is 4.98 Å². The van der Waals surface area contributed by atoms with Crippen LogP contribution in [0.1, 0.15) is 19.5 Å². The van der Waals surface area contributed by atoms with E-state index in [1.165, 1.54) is 6.07 Å². The van der Waals surface area contributed by atoms with Gasteiger partial charge in [-0.1, -0.05) is 13.8 Å². The molecule has 0 aliphatic carbocycles. The van der Waals surface area contributed by atoms with Crippen LogP contribution in [-0.4, -0.2) is 4.98 Å².